The van der Waals surface area contributed by atoms with Crippen LogP contribution in [-0.2, 0) is 4.79 Å². The van der Waals surface area contributed by atoms with Crippen LogP contribution in [0.1, 0.15) is 16.1 Å². The maximum Gasteiger partial charge on any atom is 0.273 e. The maximum absolute atomic E-state index is 12.2. The van der Waals surface area contributed by atoms with E-state index in [1.54, 1.807) is 25.2 Å². The van der Waals surface area contributed by atoms with Gasteiger partial charge in [-0.15, -0.1) is 0 Å². The van der Waals surface area contributed by atoms with E-state index >= 15 is 0 Å². The molecule has 3 aromatic rings. The third kappa shape index (κ3) is 3.84. The minimum absolute atomic E-state index is 0.0673. The van der Waals surface area contributed by atoms with Gasteiger partial charge >= 0.3 is 0 Å². The standard InChI is InChI=1S/C19H17N3O4/c1-20-18-9-7-14(26-18)6-8-17(24)21-22-19(25)15-10-12-4-2-3-5-13(12)11-16(15)23/h2-11,20,23H,1H3,(H,21,24)(H,22,25)/b8-6+. The van der Waals surface area contributed by atoms with Crippen molar-refractivity contribution in [1.82, 2.24) is 10.9 Å². The summed E-state index contributed by atoms with van der Waals surface area (Å²) in [4.78, 5) is 24.0. The molecule has 0 bridgehead atoms. The number of phenolic OH excluding ortho intramolecular Hbond substituents is 1. The summed E-state index contributed by atoms with van der Waals surface area (Å²) in [5, 5.41) is 14.5. The van der Waals surface area contributed by atoms with Gasteiger partial charge < -0.3 is 14.8 Å². The number of amides is 2. The Labute approximate surface area is 149 Å². The number of fused-ring (bicyclic) bond motifs is 1. The van der Waals surface area contributed by atoms with E-state index in [0.717, 1.165) is 10.8 Å². The number of carbonyl (C=O) groups is 2. The Morgan fingerprint density at radius 1 is 1.04 bits per heavy atom. The number of carbonyl (C=O) groups excluding carboxylic acids is 2. The summed E-state index contributed by atoms with van der Waals surface area (Å²) in [5.74, 6) is -0.263. The fraction of sp³-hybridized carbons (Fsp3) is 0.0526. The van der Waals surface area contributed by atoms with Gasteiger partial charge in [-0.2, -0.15) is 0 Å². The summed E-state index contributed by atoms with van der Waals surface area (Å²) >= 11 is 0. The molecule has 0 unspecified atom stereocenters. The SMILES string of the molecule is CNc1ccc(/C=C/C(=O)NNC(=O)c2cc3ccccc3cc2O)o1. The first kappa shape index (κ1) is 17.1. The molecular weight excluding hydrogens is 334 g/mol. The molecule has 0 saturated heterocycles. The predicted molar refractivity (Wildman–Crippen MR) is 98.5 cm³/mol. The van der Waals surface area contributed by atoms with Crippen LogP contribution in [0.25, 0.3) is 16.8 Å². The van der Waals surface area contributed by atoms with E-state index in [1.807, 2.05) is 24.3 Å². The molecule has 0 radical (unpaired) electrons. The molecule has 0 spiro atoms. The van der Waals surface area contributed by atoms with Crippen molar-refractivity contribution in [2.75, 3.05) is 12.4 Å². The van der Waals surface area contributed by atoms with E-state index in [2.05, 4.69) is 16.2 Å². The molecule has 0 aliphatic carbocycles. The summed E-state index contributed by atoms with van der Waals surface area (Å²) in [5.41, 5.74) is 4.59. The third-order valence-corrected chi connectivity index (χ3v) is 3.68. The van der Waals surface area contributed by atoms with Gasteiger partial charge in [0.05, 0.1) is 5.56 Å². The van der Waals surface area contributed by atoms with Gasteiger partial charge in [-0.3, -0.25) is 20.4 Å². The first-order valence-corrected chi connectivity index (χ1v) is 7.84. The van der Waals surface area contributed by atoms with Gasteiger partial charge in [-0.25, -0.2) is 0 Å². The van der Waals surface area contributed by atoms with Gasteiger partial charge in [0.15, 0.2) is 5.88 Å². The molecule has 2 amide bonds. The number of hydrazine groups is 1. The molecule has 3 rings (SSSR count). The molecule has 0 aliphatic heterocycles. The van der Waals surface area contributed by atoms with E-state index in [-0.39, 0.29) is 11.3 Å². The first-order chi connectivity index (χ1) is 12.6. The van der Waals surface area contributed by atoms with E-state index in [4.69, 9.17) is 4.42 Å². The highest BCUT2D eigenvalue weighted by atomic mass is 16.4. The van der Waals surface area contributed by atoms with Crippen LogP contribution < -0.4 is 16.2 Å². The number of hydrogen-bond acceptors (Lipinski definition) is 5. The van der Waals surface area contributed by atoms with Gasteiger partial charge in [0.2, 0.25) is 0 Å². The highest BCUT2D eigenvalue weighted by molar-refractivity contribution is 6.02. The van der Waals surface area contributed by atoms with Crippen molar-refractivity contribution in [3.05, 3.63) is 65.9 Å². The lowest BCUT2D eigenvalue weighted by atomic mass is 10.1. The summed E-state index contributed by atoms with van der Waals surface area (Å²) in [6.45, 7) is 0. The molecule has 7 nitrogen and oxygen atoms in total. The molecule has 0 aliphatic rings. The highest BCUT2D eigenvalue weighted by Crippen LogP contribution is 2.24. The van der Waals surface area contributed by atoms with Crippen LogP contribution in [0.5, 0.6) is 5.75 Å². The Morgan fingerprint density at radius 3 is 2.46 bits per heavy atom. The number of furan rings is 1. The number of benzene rings is 2. The predicted octanol–water partition coefficient (Wildman–Crippen LogP) is 2.65. The Bertz CT molecular complexity index is 991. The zero-order valence-corrected chi connectivity index (χ0v) is 13.9. The molecule has 1 heterocycles. The van der Waals surface area contributed by atoms with Crippen LogP contribution >= 0.6 is 0 Å². The third-order valence-electron chi connectivity index (χ3n) is 3.68. The number of rotatable bonds is 4. The first-order valence-electron chi connectivity index (χ1n) is 7.84. The summed E-state index contributed by atoms with van der Waals surface area (Å²) < 4.78 is 5.34. The molecule has 26 heavy (non-hydrogen) atoms. The highest BCUT2D eigenvalue weighted by Gasteiger charge is 2.12. The minimum Gasteiger partial charge on any atom is -0.507 e. The second-order valence-corrected chi connectivity index (χ2v) is 5.45. The molecule has 1 aromatic heterocycles. The monoisotopic (exact) mass is 351 g/mol. The largest absolute Gasteiger partial charge is 0.507 e. The van der Waals surface area contributed by atoms with Crippen LogP contribution in [0.4, 0.5) is 5.88 Å². The fourth-order valence-corrected chi connectivity index (χ4v) is 2.37. The van der Waals surface area contributed by atoms with Crippen LogP contribution in [0, 0.1) is 0 Å². The summed E-state index contributed by atoms with van der Waals surface area (Å²) in [7, 11) is 1.72. The lowest BCUT2D eigenvalue weighted by Gasteiger charge is -2.08. The number of nitrogens with one attached hydrogen (secondary N) is 3. The Kier molecular flexibility index (Phi) is 4.89. The second-order valence-electron chi connectivity index (χ2n) is 5.45. The van der Waals surface area contributed by atoms with Crippen LogP contribution in [0.15, 0.2) is 59.0 Å². The number of hydrogen-bond donors (Lipinski definition) is 4. The van der Waals surface area contributed by atoms with Crippen molar-refractivity contribution in [2.45, 2.75) is 0 Å². The van der Waals surface area contributed by atoms with E-state index in [0.29, 0.717) is 11.6 Å². The topological polar surface area (TPSA) is 104 Å². The molecule has 4 N–H and O–H groups in total. The average molecular weight is 351 g/mol. The second kappa shape index (κ2) is 7.43. The number of aromatic hydroxyl groups is 1. The van der Waals surface area contributed by atoms with Gasteiger partial charge in [0.1, 0.15) is 11.5 Å². The van der Waals surface area contributed by atoms with Crippen LogP contribution in [-0.4, -0.2) is 24.0 Å². The summed E-state index contributed by atoms with van der Waals surface area (Å²) in [6.07, 6.45) is 2.69. The van der Waals surface area contributed by atoms with Crippen molar-refractivity contribution < 1.29 is 19.1 Å². The molecule has 0 atom stereocenters. The molecule has 0 fully saturated rings. The van der Waals surface area contributed by atoms with Crippen molar-refractivity contribution in [1.29, 1.82) is 0 Å². The van der Waals surface area contributed by atoms with Crippen molar-refractivity contribution in [2.24, 2.45) is 0 Å². The van der Waals surface area contributed by atoms with Gasteiger partial charge in [0, 0.05) is 19.2 Å². The zero-order valence-electron chi connectivity index (χ0n) is 13.9. The zero-order chi connectivity index (χ0) is 18.5. The van der Waals surface area contributed by atoms with Gasteiger partial charge in [-0.1, -0.05) is 24.3 Å². The smallest absolute Gasteiger partial charge is 0.273 e. The Hall–Kier alpha value is -3.74. The van der Waals surface area contributed by atoms with E-state index in [1.165, 1.54) is 18.2 Å². The van der Waals surface area contributed by atoms with Crippen molar-refractivity contribution in [3.8, 4) is 5.75 Å². The van der Waals surface area contributed by atoms with Crippen LogP contribution in [0.3, 0.4) is 0 Å². The maximum atomic E-state index is 12.2. The Balaban J connectivity index is 1.63. The number of phenols is 1. The quantitative estimate of drug-likeness (QED) is 0.427. The molecule has 132 valence electrons. The summed E-state index contributed by atoms with van der Waals surface area (Å²) in [6, 6.07) is 13.8. The van der Waals surface area contributed by atoms with E-state index in [9.17, 15) is 14.7 Å². The van der Waals surface area contributed by atoms with E-state index < -0.39 is 11.8 Å². The molecule has 0 saturated carbocycles. The molecular formula is C19H17N3O4. The van der Waals surface area contributed by atoms with Crippen molar-refractivity contribution >= 4 is 34.5 Å². The van der Waals surface area contributed by atoms with Gasteiger partial charge in [0.25, 0.3) is 11.8 Å². The lowest BCUT2D eigenvalue weighted by molar-refractivity contribution is -0.117. The number of anilines is 1. The van der Waals surface area contributed by atoms with Crippen molar-refractivity contribution in [3.63, 3.8) is 0 Å². The van der Waals surface area contributed by atoms with Crippen LogP contribution in [0.2, 0.25) is 0 Å². The lowest BCUT2D eigenvalue weighted by Crippen LogP contribution is -2.40. The fourth-order valence-electron chi connectivity index (χ4n) is 2.37. The van der Waals surface area contributed by atoms with Gasteiger partial charge in [-0.05, 0) is 35.0 Å². The normalized spacial score (nSPS) is 10.8. The molecule has 7 heteroatoms. The Morgan fingerprint density at radius 2 is 1.77 bits per heavy atom. The minimum atomic E-state index is -0.620. The average Bonchev–Trinajstić information content (AvgIpc) is 3.12. The molecule has 2 aromatic carbocycles.